The molecule has 88 valence electrons. The normalized spacial score (nSPS) is 12.4. The zero-order valence-corrected chi connectivity index (χ0v) is 11.1. The van der Waals surface area contributed by atoms with E-state index in [-0.39, 0.29) is 12.3 Å². The van der Waals surface area contributed by atoms with Crippen LogP contribution in [-0.2, 0) is 9.59 Å². The number of carbonyl (C=O) groups is 2. The topological polar surface area (TPSA) is 66.4 Å². The zero-order valence-electron chi connectivity index (χ0n) is 8.69. The van der Waals surface area contributed by atoms with Crippen LogP contribution >= 0.6 is 31.4 Å². The maximum absolute atomic E-state index is 11.2. The molecule has 0 saturated carbocycles. The first-order chi connectivity index (χ1) is 7.07. The van der Waals surface area contributed by atoms with Gasteiger partial charge in [-0.2, -0.15) is 0 Å². The number of Topliss-reactive ketones (excluding diaryl/α,β-unsaturated/α-hetero) is 1. The fraction of sp³-hybridized carbons (Fsp3) is 0.750. The van der Waals surface area contributed by atoms with E-state index in [9.17, 15) is 9.59 Å². The molecule has 0 rings (SSSR count). The van der Waals surface area contributed by atoms with Gasteiger partial charge in [-0.15, -0.1) is 0 Å². The molecule has 0 aromatic heterocycles. The van der Waals surface area contributed by atoms with Crippen molar-refractivity contribution < 1.29 is 14.7 Å². The first-order valence-electron chi connectivity index (χ1n) is 4.38. The number of nitrogens with one attached hydrogen (secondary N) is 1. The average molecular weight is 269 g/mol. The van der Waals surface area contributed by atoms with E-state index in [2.05, 4.69) is 5.32 Å². The number of aliphatic carboxylic acids is 1. The van der Waals surface area contributed by atoms with Crippen LogP contribution in [0.1, 0.15) is 13.3 Å². The fourth-order valence-electron chi connectivity index (χ4n) is 0.680. The van der Waals surface area contributed by atoms with E-state index in [0.717, 1.165) is 5.75 Å². The standard InChI is InChI=1S/C8H15NO3S3/c1-6(8(11)12)9-5-7(10)3-4-14-15-13-2/h6,9H,3-5H2,1-2H3,(H,11,12)/t6-/m0/s1. The number of hydrogen-bond acceptors (Lipinski definition) is 6. The van der Waals surface area contributed by atoms with Gasteiger partial charge in [0.25, 0.3) is 0 Å². The Bertz CT molecular complexity index is 213. The summed E-state index contributed by atoms with van der Waals surface area (Å²) in [5, 5.41) is 11.2. The highest BCUT2D eigenvalue weighted by Gasteiger charge is 2.11. The Morgan fingerprint density at radius 3 is 2.67 bits per heavy atom. The molecule has 0 unspecified atom stereocenters. The largest absolute Gasteiger partial charge is 0.480 e. The van der Waals surface area contributed by atoms with Gasteiger partial charge in [0.1, 0.15) is 11.8 Å². The Hall–Kier alpha value is 0.150. The van der Waals surface area contributed by atoms with Gasteiger partial charge in [-0.3, -0.25) is 14.9 Å². The van der Waals surface area contributed by atoms with Crippen molar-refractivity contribution >= 4 is 43.2 Å². The molecule has 4 nitrogen and oxygen atoms in total. The molecule has 7 heteroatoms. The quantitative estimate of drug-likeness (QED) is 0.487. The molecule has 0 spiro atoms. The summed E-state index contributed by atoms with van der Waals surface area (Å²) in [5.74, 6) is -0.111. The van der Waals surface area contributed by atoms with Crippen molar-refractivity contribution in [1.82, 2.24) is 5.32 Å². The minimum Gasteiger partial charge on any atom is -0.480 e. The number of hydrogen-bond donors (Lipinski definition) is 2. The summed E-state index contributed by atoms with van der Waals surface area (Å²) < 4.78 is 0. The molecule has 0 saturated heterocycles. The van der Waals surface area contributed by atoms with Crippen molar-refractivity contribution in [3.63, 3.8) is 0 Å². The van der Waals surface area contributed by atoms with E-state index in [1.807, 2.05) is 6.26 Å². The van der Waals surface area contributed by atoms with Gasteiger partial charge < -0.3 is 5.11 Å². The average Bonchev–Trinajstić information content (AvgIpc) is 2.20. The summed E-state index contributed by atoms with van der Waals surface area (Å²) in [6.45, 7) is 1.66. The number of carboxylic acid groups (broad SMARTS) is 1. The predicted molar refractivity (Wildman–Crippen MR) is 68.3 cm³/mol. The van der Waals surface area contributed by atoms with Crippen molar-refractivity contribution in [3.05, 3.63) is 0 Å². The van der Waals surface area contributed by atoms with Crippen molar-refractivity contribution in [2.45, 2.75) is 19.4 Å². The van der Waals surface area contributed by atoms with Crippen LogP contribution < -0.4 is 5.32 Å². The van der Waals surface area contributed by atoms with Crippen molar-refractivity contribution in [1.29, 1.82) is 0 Å². The Morgan fingerprint density at radius 1 is 1.47 bits per heavy atom. The van der Waals surface area contributed by atoms with Crippen LogP contribution in [0.2, 0.25) is 0 Å². The predicted octanol–water partition coefficient (Wildman–Crippen LogP) is 1.67. The second kappa shape index (κ2) is 9.38. The summed E-state index contributed by atoms with van der Waals surface area (Å²) in [7, 11) is 4.93. The molecule has 0 aliphatic rings. The summed E-state index contributed by atoms with van der Waals surface area (Å²) in [6.07, 6.45) is 2.47. The molecule has 2 N–H and O–H groups in total. The third-order valence-corrected chi connectivity index (χ3v) is 5.45. The minimum absolute atomic E-state index is 0.0531. The van der Waals surface area contributed by atoms with E-state index in [1.54, 1.807) is 31.4 Å². The third-order valence-electron chi connectivity index (χ3n) is 1.56. The molecule has 0 aromatic rings. The second-order valence-electron chi connectivity index (χ2n) is 2.79. The molecular weight excluding hydrogens is 254 g/mol. The first-order valence-corrected chi connectivity index (χ1v) is 8.44. The van der Waals surface area contributed by atoms with Gasteiger partial charge >= 0.3 is 5.97 Å². The maximum atomic E-state index is 11.2. The zero-order chi connectivity index (χ0) is 11.7. The number of ketones is 1. The fourth-order valence-corrected chi connectivity index (χ4v) is 3.38. The molecule has 0 heterocycles. The van der Waals surface area contributed by atoms with E-state index in [0.29, 0.717) is 6.42 Å². The van der Waals surface area contributed by atoms with Gasteiger partial charge in [0.2, 0.25) is 0 Å². The van der Waals surface area contributed by atoms with Crippen LogP contribution in [-0.4, -0.2) is 41.5 Å². The molecule has 0 aromatic carbocycles. The maximum Gasteiger partial charge on any atom is 0.320 e. The molecule has 1 atom stereocenters. The minimum atomic E-state index is -0.935. The Balaban J connectivity index is 3.45. The number of rotatable bonds is 9. The van der Waals surface area contributed by atoms with Crippen molar-refractivity contribution in [2.75, 3.05) is 18.6 Å². The third kappa shape index (κ3) is 9.10. The van der Waals surface area contributed by atoms with E-state index >= 15 is 0 Å². The van der Waals surface area contributed by atoms with Crippen LogP contribution in [0.3, 0.4) is 0 Å². The van der Waals surface area contributed by atoms with Crippen molar-refractivity contribution in [2.24, 2.45) is 0 Å². The summed E-state index contributed by atoms with van der Waals surface area (Å²) in [6, 6.07) is -0.665. The van der Waals surface area contributed by atoms with Crippen LogP contribution in [0.5, 0.6) is 0 Å². The van der Waals surface area contributed by atoms with E-state index < -0.39 is 12.0 Å². The van der Waals surface area contributed by atoms with Gasteiger partial charge in [-0.1, -0.05) is 21.6 Å². The first kappa shape index (κ1) is 15.2. The Kier molecular flexibility index (Phi) is 9.48. The monoisotopic (exact) mass is 269 g/mol. The van der Waals surface area contributed by atoms with Crippen LogP contribution in [0.15, 0.2) is 0 Å². The Morgan fingerprint density at radius 2 is 2.13 bits per heavy atom. The molecular formula is C8H15NO3S3. The van der Waals surface area contributed by atoms with Gasteiger partial charge in [0.15, 0.2) is 0 Å². The van der Waals surface area contributed by atoms with Crippen LogP contribution in [0, 0.1) is 0 Å². The molecule has 0 fully saturated rings. The Labute approximate surface area is 101 Å². The van der Waals surface area contributed by atoms with Gasteiger partial charge in [0.05, 0.1) is 6.54 Å². The lowest BCUT2D eigenvalue weighted by Crippen LogP contribution is -2.37. The molecule has 15 heavy (non-hydrogen) atoms. The lowest BCUT2D eigenvalue weighted by Gasteiger charge is -2.07. The van der Waals surface area contributed by atoms with Gasteiger partial charge in [-0.25, -0.2) is 0 Å². The van der Waals surface area contributed by atoms with Gasteiger partial charge in [-0.05, 0) is 23.0 Å². The highest BCUT2D eigenvalue weighted by molar-refractivity contribution is 9.09. The van der Waals surface area contributed by atoms with E-state index in [4.69, 9.17) is 5.11 Å². The summed E-state index contributed by atoms with van der Waals surface area (Å²) in [4.78, 5) is 21.7. The molecule has 0 amide bonds. The SMILES string of the molecule is CSSSCCC(=O)CN[C@@H](C)C(=O)O. The lowest BCUT2D eigenvalue weighted by molar-refractivity contribution is -0.139. The molecule has 0 aliphatic heterocycles. The summed E-state index contributed by atoms with van der Waals surface area (Å²) in [5.41, 5.74) is 0. The van der Waals surface area contributed by atoms with E-state index in [1.165, 1.54) is 6.92 Å². The highest BCUT2D eigenvalue weighted by atomic mass is 33.5. The molecule has 0 radical (unpaired) electrons. The molecule has 0 bridgehead atoms. The van der Waals surface area contributed by atoms with Crippen molar-refractivity contribution in [3.8, 4) is 0 Å². The van der Waals surface area contributed by atoms with Crippen LogP contribution in [0.4, 0.5) is 0 Å². The number of carbonyl (C=O) groups excluding carboxylic acids is 1. The smallest absolute Gasteiger partial charge is 0.320 e. The summed E-state index contributed by atoms with van der Waals surface area (Å²) >= 11 is 0. The molecule has 0 aliphatic carbocycles. The highest BCUT2D eigenvalue weighted by Crippen LogP contribution is 2.32. The lowest BCUT2D eigenvalue weighted by atomic mass is 10.3. The van der Waals surface area contributed by atoms with Gasteiger partial charge in [0, 0.05) is 12.2 Å². The number of carboxylic acids is 1. The second-order valence-corrected chi connectivity index (χ2v) is 7.24. The van der Waals surface area contributed by atoms with Crippen LogP contribution in [0.25, 0.3) is 0 Å².